The molecule has 0 saturated carbocycles. The van der Waals surface area contributed by atoms with Crippen LogP contribution in [0.1, 0.15) is 24.2 Å². The summed E-state index contributed by atoms with van der Waals surface area (Å²) in [5, 5.41) is 0.342. The van der Waals surface area contributed by atoms with Crippen molar-refractivity contribution in [2.45, 2.75) is 13.8 Å². The highest BCUT2D eigenvalue weighted by molar-refractivity contribution is 9.10. The third kappa shape index (κ3) is 4.21. The summed E-state index contributed by atoms with van der Waals surface area (Å²) in [6.07, 6.45) is 0. The second-order valence-corrected chi connectivity index (χ2v) is 4.96. The monoisotopic (exact) mass is 347 g/mol. The average molecular weight is 349 g/mol. The number of likely N-dealkylation sites (N-methyl/N-ethyl adjacent to an activating group) is 1. The maximum Gasteiger partial charge on any atom is 0.325 e. The molecule has 0 saturated heterocycles. The summed E-state index contributed by atoms with van der Waals surface area (Å²) in [4.78, 5) is 25.1. The number of halogens is 2. The zero-order valence-corrected chi connectivity index (χ0v) is 13.1. The van der Waals surface area contributed by atoms with Crippen LogP contribution in [0.4, 0.5) is 0 Å². The van der Waals surface area contributed by atoms with E-state index in [-0.39, 0.29) is 12.5 Å². The molecular formula is C13H15BrClNO3. The van der Waals surface area contributed by atoms with Crippen molar-refractivity contribution in [1.29, 1.82) is 0 Å². The Bertz CT molecular complexity index is 479. The van der Waals surface area contributed by atoms with Gasteiger partial charge in [0.15, 0.2) is 0 Å². The zero-order valence-electron chi connectivity index (χ0n) is 10.8. The minimum atomic E-state index is -0.427. The van der Waals surface area contributed by atoms with E-state index in [1.165, 1.54) is 4.90 Å². The summed E-state index contributed by atoms with van der Waals surface area (Å²) in [6, 6.07) is 5.10. The first-order valence-electron chi connectivity index (χ1n) is 5.90. The molecule has 0 N–H and O–H groups in total. The quantitative estimate of drug-likeness (QED) is 0.768. The third-order valence-electron chi connectivity index (χ3n) is 2.48. The van der Waals surface area contributed by atoms with E-state index in [4.69, 9.17) is 16.3 Å². The Kier molecular flexibility index (Phi) is 6.31. The fourth-order valence-electron chi connectivity index (χ4n) is 1.53. The first kappa shape index (κ1) is 16.0. The number of benzene rings is 1. The Balaban J connectivity index is 2.89. The van der Waals surface area contributed by atoms with Crippen LogP contribution in [0.5, 0.6) is 0 Å². The lowest BCUT2D eigenvalue weighted by atomic mass is 10.2. The molecule has 1 aromatic rings. The Morgan fingerprint density at radius 2 is 2.05 bits per heavy atom. The van der Waals surface area contributed by atoms with E-state index in [2.05, 4.69) is 15.9 Å². The summed E-state index contributed by atoms with van der Waals surface area (Å²) in [6.45, 7) is 4.14. The van der Waals surface area contributed by atoms with E-state index in [1.54, 1.807) is 32.0 Å². The summed E-state index contributed by atoms with van der Waals surface area (Å²) < 4.78 is 5.48. The predicted octanol–water partition coefficient (Wildman–Crippen LogP) is 3.13. The molecule has 6 heteroatoms. The molecular weight excluding hydrogens is 334 g/mol. The smallest absolute Gasteiger partial charge is 0.325 e. The highest BCUT2D eigenvalue weighted by atomic mass is 79.9. The van der Waals surface area contributed by atoms with E-state index >= 15 is 0 Å². The van der Waals surface area contributed by atoms with Crippen molar-refractivity contribution in [2.75, 3.05) is 19.7 Å². The summed E-state index contributed by atoms with van der Waals surface area (Å²) in [5.74, 6) is -0.717. The zero-order chi connectivity index (χ0) is 14.4. The third-order valence-corrected chi connectivity index (χ3v) is 3.77. The molecule has 1 aromatic carbocycles. The van der Waals surface area contributed by atoms with E-state index in [9.17, 15) is 9.59 Å². The van der Waals surface area contributed by atoms with Crippen molar-refractivity contribution in [3.63, 3.8) is 0 Å². The number of hydrogen-bond acceptors (Lipinski definition) is 3. The molecule has 0 aromatic heterocycles. The van der Waals surface area contributed by atoms with Gasteiger partial charge in [-0.3, -0.25) is 9.59 Å². The standard InChI is InChI=1S/C13H15BrClNO3/c1-3-16(8-11(17)19-4-2)13(18)9-6-5-7-10(14)12(9)15/h5-7H,3-4,8H2,1-2H3. The van der Waals surface area contributed by atoms with Crippen molar-refractivity contribution in [3.05, 3.63) is 33.3 Å². The van der Waals surface area contributed by atoms with E-state index in [0.717, 1.165) is 0 Å². The lowest BCUT2D eigenvalue weighted by Gasteiger charge is -2.20. The topological polar surface area (TPSA) is 46.6 Å². The van der Waals surface area contributed by atoms with Crippen LogP contribution < -0.4 is 0 Å². The molecule has 0 heterocycles. The number of amides is 1. The average Bonchev–Trinajstić information content (AvgIpc) is 2.39. The van der Waals surface area contributed by atoms with Gasteiger partial charge in [0, 0.05) is 11.0 Å². The van der Waals surface area contributed by atoms with Crippen LogP contribution in [-0.2, 0) is 9.53 Å². The van der Waals surface area contributed by atoms with Gasteiger partial charge in [0.05, 0.1) is 17.2 Å². The van der Waals surface area contributed by atoms with Gasteiger partial charge in [-0.2, -0.15) is 0 Å². The van der Waals surface area contributed by atoms with Crippen molar-refractivity contribution in [3.8, 4) is 0 Å². The van der Waals surface area contributed by atoms with E-state index in [0.29, 0.717) is 28.2 Å². The molecule has 19 heavy (non-hydrogen) atoms. The molecule has 0 bridgehead atoms. The fourth-order valence-corrected chi connectivity index (χ4v) is 2.10. The molecule has 0 atom stereocenters. The van der Waals surface area contributed by atoms with Crippen LogP contribution >= 0.6 is 27.5 Å². The van der Waals surface area contributed by atoms with Gasteiger partial charge in [0.2, 0.25) is 0 Å². The molecule has 104 valence electrons. The lowest BCUT2D eigenvalue weighted by molar-refractivity contribution is -0.143. The van der Waals surface area contributed by atoms with Gasteiger partial charge in [-0.25, -0.2) is 0 Å². The van der Waals surface area contributed by atoms with Gasteiger partial charge in [-0.05, 0) is 41.9 Å². The maximum absolute atomic E-state index is 12.3. The molecule has 0 unspecified atom stereocenters. The number of esters is 1. The van der Waals surface area contributed by atoms with Crippen LogP contribution in [0.25, 0.3) is 0 Å². The van der Waals surface area contributed by atoms with Crippen LogP contribution in [0.15, 0.2) is 22.7 Å². The second kappa shape index (κ2) is 7.50. The maximum atomic E-state index is 12.3. The SMILES string of the molecule is CCOC(=O)CN(CC)C(=O)c1cccc(Br)c1Cl. The van der Waals surface area contributed by atoms with Crippen LogP contribution in [0.2, 0.25) is 5.02 Å². The minimum Gasteiger partial charge on any atom is -0.465 e. The first-order chi connectivity index (χ1) is 9.01. The van der Waals surface area contributed by atoms with Crippen molar-refractivity contribution < 1.29 is 14.3 Å². The largest absolute Gasteiger partial charge is 0.465 e. The van der Waals surface area contributed by atoms with Gasteiger partial charge in [-0.1, -0.05) is 17.7 Å². The predicted molar refractivity (Wildman–Crippen MR) is 77.4 cm³/mol. The van der Waals surface area contributed by atoms with Crippen molar-refractivity contribution in [1.82, 2.24) is 4.90 Å². The molecule has 0 radical (unpaired) electrons. The van der Waals surface area contributed by atoms with E-state index < -0.39 is 5.97 Å². The second-order valence-electron chi connectivity index (χ2n) is 3.73. The minimum absolute atomic E-state index is 0.0774. The van der Waals surface area contributed by atoms with Crippen molar-refractivity contribution in [2.24, 2.45) is 0 Å². The van der Waals surface area contributed by atoms with Gasteiger partial charge in [-0.15, -0.1) is 0 Å². The lowest BCUT2D eigenvalue weighted by Crippen LogP contribution is -2.36. The van der Waals surface area contributed by atoms with Gasteiger partial charge in [0.1, 0.15) is 6.54 Å². The Hall–Kier alpha value is -1.07. The Morgan fingerprint density at radius 3 is 2.63 bits per heavy atom. The normalized spacial score (nSPS) is 10.1. The van der Waals surface area contributed by atoms with Gasteiger partial charge in [0.25, 0.3) is 5.91 Å². The molecule has 1 rings (SSSR count). The Morgan fingerprint density at radius 1 is 1.37 bits per heavy atom. The number of ether oxygens (including phenoxy) is 1. The van der Waals surface area contributed by atoms with Crippen LogP contribution in [0, 0.1) is 0 Å². The summed E-state index contributed by atoms with van der Waals surface area (Å²) in [5.41, 5.74) is 0.363. The van der Waals surface area contributed by atoms with Crippen LogP contribution in [0.3, 0.4) is 0 Å². The summed E-state index contributed by atoms with van der Waals surface area (Å²) >= 11 is 9.34. The van der Waals surface area contributed by atoms with Gasteiger partial charge >= 0.3 is 5.97 Å². The molecule has 0 aliphatic carbocycles. The fraction of sp³-hybridized carbons (Fsp3) is 0.385. The number of carbonyl (C=O) groups excluding carboxylic acids is 2. The number of carbonyl (C=O) groups is 2. The molecule has 0 aliphatic rings. The van der Waals surface area contributed by atoms with Crippen molar-refractivity contribution >= 4 is 39.4 Å². The van der Waals surface area contributed by atoms with E-state index in [1.807, 2.05) is 0 Å². The molecule has 0 spiro atoms. The summed E-state index contributed by atoms with van der Waals surface area (Å²) in [7, 11) is 0. The number of rotatable bonds is 5. The van der Waals surface area contributed by atoms with Crippen LogP contribution in [-0.4, -0.2) is 36.5 Å². The molecule has 1 amide bonds. The highest BCUT2D eigenvalue weighted by Gasteiger charge is 2.20. The highest BCUT2D eigenvalue weighted by Crippen LogP contribution is 2.26. The molecule has 4 nitrogen and oxygen atoms in total. The molecule has 0 fully saturated rings. The van der Waals surface area contributed by atoms with Gasteiger partial charge < -0.3 is 9.64 Å². The molecule has 0 aliphatic heterocycles. The Labute approximate surface area is 125 Å². The number of hydrogen-bond donors (Lipinski definition) is 0. The number of nitrogens with zero attached hydrogens (tertiary/aromatic N) is 1. The first-order valence-corrected chi connectivity index (χ1v) is 7.07.